The van der Waals surface area contributed by atoms with Gasteiger partial charge in [-0.1, -0.05) is 48.5 Å². The largest absolute Gasteiger partial charge is 0.378 e. The number of hydrogen-bond acceptors (Lipinski definition) is 2. The number of hydrogen-bond donors (Lipinski definition) is 1. The van der Waals surface area contributed by atoms with Gasteiger partial charge in [0.25, 0.3) is 0 Å². The van der Waals surface area contributed by atoms with E-state index in [4.69, 9.17) is 4.74 Å². The first kappa shape index (κ1) is 15.2. The Kier molecular flexibility index (Phi) is 4.18. The second kappa shape index (κ2) is 6.62. The van der Waals surface area contributed by atoms with Gasteiger partial charge in [0.1, 0.15) is 0 Å². The molecule has 3 aromatic rings. The molecule has 2 unspecified atom stereocenters. The summed E-state index contributed by atoms with van der Waals surface area (Å²) in [5.74, 6) is 0.0163. The van der Waals surface area contributed by atoms with E-state index in [1.807, 2.05) is 60.8 Å². The molecule has 2 aromatic carbocycles. The molecule has 2 heterocycles. The van der Waals surface area contributed by atoms with Gasteiger partial charge in [0.05, 0.1) is 6.10 Å². The Labute approximate surface area is 141 Å². The Morgan fingerprint density at radius 1 is 1.12 bits per heavy atom. The van der Waals surface area contributed by atoms with E-state index in [9.17, 15) is 4.79 Å². The van der Waals surface area contributed by atoms with Crippen molar-refractivity contribution in [2.75, 3.05) is 6.61 Å². The highest BCUT2D eigenvalue weighted by atomic mass is 16.5. The highest BCUT2D eigenvalue weighted by molar-refractivity contribution is 6.10. The van der Waals surface area contributed by atoms with Gasteiger partial charge in [-0.15, -0.1) is 0 Å². The highest BCUT2D eigenvalue weighted by Gasteiger charge is 2.29. The molecule has 24 heavy (non-hydrogen) atoms. The van der Waals surface area contributed by atoms with Crippen LogP contribution >= 0.6 is 0 Å². The maximum Gasteiger partial charge on any atom is 0.172 e. The SMILES string of the molecule is O=C(c1c[nH]c2ccccc12)C(CC1CCCO1)c1ccccc1. The van der Waals surface area contributed by atoms with E-state index in [0.717, 1.165) is 47.9 Å². The quantitative estimate of drug-likeness (QED) is 0.692. The summed E-state index contributed by atoms with van der Waals surface area (Å²) in [7, 11) is 0. The molecule has 2 atom stereocenters. The van der Waals surface area contributed by atoms with Crippen LogP contribution in [-0.2, 0) is 4.74 Å². The number of nitrogens with one attached hydrogen (secondary N) is 1. The summed E-state index contributed by atoms with van der Waals surface area (Å²) in [5.41, 5.74) is 2.85. The van der Waals surface area contributed by atoms with Crippen molar-refractivity contribution >= 4 is 16.7 Å². The summed E-state index contributed by atoms with van der Waals surface area (Å²) < 4.78 is 5.80. The first-order chi connectivity index (χ1) is 11.8. The topological polar surface area (TPSA) is 42.1 Å². The minimum atomic E-state index is -0.159. The molecule has 0 aliphatic carbocycles. The van der Waals surface area contributed by atoms with Crippen molar-refractivity contribution in [1.29, 1.82) is 0 Å². The minimum Gasteiger partial charge on any atom is -0.378 e. The van der Waals surface area contributed by atoms with Gasteiger partial charge in [0, 0.05) is 35.2 Å². The molecule has 1 aliphatic rings. The van der Waals surface area contributed by atoms with Gasteiger partial charge in [-0.2, -0.15) is 0 Å². The second-order valence-corrected chi connectivity index (χ2v) is 6.45. The summed E-state index contributed by atoms with van der Waals surface area (Å²) >= 11 is 0. The van der Waals surface area contributed by atoms with Crippen molar-refractivity contribution in [3.05, 3.63) is 71.9 Å². The third kappa shape index (κ3) is 2.87. The molecule has 0 radical (unpaired) electrons. The number of H-pyrrole nitrogens is 1. The number of benzene rings is 2. The van der Waals surface area contributed by atoms with Crippen molar-refractivity contribution in [2.45, 2.75) is 31.3 Å². The number of aromatic nitrogens is 1. The number of aromatic amines is 1. The minimum absolute atomic E-state index is 0.159. The third-order valence-corrected chi connectivity index (χ3v) is 4.90. The third-order valence-electron chi connectivity index (χ3n) is 4.90. The predicted octanol–water partition coefficient (Wildman–Crippen LogP) is 4.70. The average molecular weight is 319 g/mol. The number of fused-ring (bicyclic) bond motifs is 1. The van der Waals surface area contributed by atoms with E-state index < -0.39 is 0 Å². The van der Waals surface area contributed by atoms with Crippen LogP contribution in [0.25, 0.3) is 10.9 Å². The number of Topliss-reactive ketones (excluding diaryl/α,β-unsaturated/α-hetero) is 1. The van der Waals surface area contributed by atoms with E-state index in [1.165, 1.54) is 0 Å². The van der Waals surface area contributed by atoms with Gasteiger partial charge in [0.2, 0.25) is 0 Å². The standard InChI is InChI=1S/C21H21NO2/c23-21(19-14-22-20-11-5-4-10-17(19)20)18(13-16-9-6-12-24-16)15-7-2-1-3-8-15/h1-5,7-8,10-11,14,16,18,22H,6,9,12-13H2. The molecular formula is C21H21NO2. The fraction of sp³-hybridized carbons (Fsp3) is 0.286. The fourth-order valence-corrected chi connectivity index (χ4v) is 3.64. The monoisotopic (exact) mass is 319 g/mol. The van der Waals surface area contributed by atoms with Crippen molar-refractivity contribution in [3.63, 3.8) is 0 Å². The van der Waals surface area contributed by atoms with Crippen LogP contribution in [0.2, 0.25) is 0 Å². The molecule has 1 aliphatic heterocycles. The highest BCUT2D eigenvalue weighted by Crippen LogP contribution is 2.32. The van der Waals surface area contributed by atoms with Crippen LogP contribution in [0.4, 0.5) is 0 Å². The van der Waals surface area contributed by atoms with Gasteiger partial charge in [-0.05, 0) is 30.9 Å². The van der Waals surface area contributed by atoms with Gasteiger partial charge < -0.3 is 9.72 Å². The lowest BCUT2D eigenvalue weighted by Crippen LogP contribution is -2.19. The van der Waals surface area contributed by atoms with E-state index in [0.29, 0.717) is 0 Å². The van der Waals surface area contributed by atoms with Crippen molar-refractivity contribution in [3.8, 4) is 0 Å². The lowest BCUT2D eigenvalue weighted by molar-refractivity contribution is 0.0809. The lowest BCUT2D eigenvalue weighted by atomic mass is 9.85. The first-order valence-corrected chi connectivity index (χ1v) is 8.60. The molecule has 0 bridgehead atoms. The van der Waals surface area contributed by atoms with Gasteiger partial charge in [-0.25, -0.2) is 0 Å². The van der Waals surface area contributed by atoms with E-state index in [2.05, 4.69) is 4.98 Å². The van der Waals surface area contributed by atoms with E-state index in [1.54, 1.807) is 0 Å². The Morgan fingerprint density at radius 2 is 1.92 bits per heavy atom. The molecule has 0 saturated carbocycles. The van der Waals surface area contributed by atoms with Crippen molar-refractivity contribution < 1.29 is 9.53 Å². The lowest BCUT2D eigenvalue weighted by Gasteiger charge is -2.19. The number of carbonyl (C=O) groups is 1. The number of para-hydroxylation sites is 1. The normalized spacial score (nSPS) is 18.8. The fourth-order valence-electron chi connectivity index (χ4n) is 3.64. The molecule has 1 N–H and O–H groups in total. The van der Waals surface area contributed by atoms with Gasteiger partial charge >= 0.3 is 0 Å². The Bertz CT molecular complexity index is 831. The first-order valence-electron chi connectivity index (χ1n) is 8.60. The maximum absolute atomic E-state index is 13.3. The zero-order chi connectivity index (χ0) is 16.4. The molecule has 1 saturated heterocycles. The molecular weight excluding hydrogens is 298 g/mol. The summed E-state index contributed by atoms with van der Waals surface area (Å²) in [5, 5.41) is 0.996. The zero-order valence-corrected chi connectivity index (χ0v) is 13.6. The van der Waals surface area contributed by atoms with Gasteiger partial charge in [0.15, 0.2) is 5.78 Å². The Balaban J connectivity index is 1.70. The number of rotatable bonds is 5. The van der Waals surface area contributed by atoms with Crippen LogP contribution in [0.15, 0.2) is 60.8 Å². The zero-order valence-electron chi connectivity index (χ0n) is 13.6. The van der Waals surface area contributed by atoms with E-state index >= 15 is 0 Å². The molecule has 3 heteroatoms. The van der Waals surface area contributed by atoms with Crippen LogP contribution in [0, 0.1) is 0 Å². The smallest absolute Gasteiger partial charge is 0.172 e. The van der Waals surface area contributed by atoms with Crippen LogP contribution in [0.1, 0.15) is 41.1 Å². The Morgan fingerprint density at radius 3 is 2.71 bits per heavy atom. The molecule has 1 fully saturated rings. The Hall–Kier alpha value is -2.39. The van der Waals surface area contributed by atoms with Crippen molar-refractivity contribution in [2.24, 2.45) is 0 Å². The molecule has 3 nitrogen and oxygen atoms in total. The molecule has 1 aromatic heterocycles. The molecule has 0 amide bonds. The number of ketones is 1. The second-order valence-electron chi connectivity index (χ2n) is 6.45. The van der Waals surface area contributed by atoms with Crippen LogP contribution in [0.5, 0.6) is 0 Å². The number of ether oxygens (including phenoxy) is 1. The van der Waals surface area contributed by atoms with Crippen LogP contribution in [-0.4, -0.2) is 23.5 Å². The summed E-state index contributed by atoms with van der Waals surface area (Å²) in [6.07, 6.45) is 4.92. The summed E-state index contributed by atoms with van der Waals surface area (Å²) in [4.78, 5) is 16.5. The van der Waals surface area contributed by atoms with Crippen molar-refractivity contribution in [1.82, 2.24) is 4.98 Å². The predicted molar refractivity (Wildman–Crippen MR) is 95.4 cm³/mol. The van der Waals surface area contributed by atoms with Crippen LogP contribution in [0.3, 0.4) is 0 Å². The van der Waals surface area contributed by atoms with Gasteiger partial charge in [-0.3, -0.25) is 4.79 Å². The molecule has 122 valence electrons. The maximum atomic E-state index is 13.3. The average Bonchev–Trinajstić information content (AvgIpc) is 3.29. The van der Waals surface area contributed by atoms with E-state index in [-0.39, 0.29) is 17.8 Å². The number of carbonyl (C=O) groups excluding carboxylic acids is 1. The summed E-state index contributed by atoms with van der Waals surface area (Å²) in [6, 6.07) is 18.1. The molecule has 4 rings (SSSR count). The van der Waals surface area contributed by atoms with Crippen LogP contribution < -0.4 is 0 Å². The molecule has 0 spiro atoms. The summed E-state index contributed by atoms with van der Waals surface area (Å²) in [6.45, 7) is 0.813.